The lowest BCUT2D eigenvalue weighted by Crippen LogP contribution is -2.51. The summed E-state index contributed by atoms with van der Waals surface area (Å²) in [5.41, 5.74) is 3.14. The van der Waals surface area contributed by atoms with E-state index in [1.165, 1.54) is 12.3 Å². The second kappa shape index (κ2) is 10.2. The number of carbonyl (C=O) groups is 1. The van der Waals surface area contributed by atoms with Crippen LogP contribution in [0.1, 0.15) is 37.3 Å². The summed E-state index contributed by atoms with van der Waals surface area (Å²) in [5, 5.41) is 9.68. The number of carbonyl (C=O) groups excluding carboxylic acids is 1. The van der Waals surface area contributed by atoms with Crippen molar-refractivity contribution in [3.8, 4) is 0 Å². The Kier molecular flexibility index (Phi) is 7.81. The van der Waals surface area contributed by atoms with E-state index in [2.05, 4.69) is 16.6 Å². The predicted molar refractivity (Wildman–Crippen MR) is 122 cm³/mol. The molecule has 0 spiro atoms. The molecule has 1 saturated heterocycles. The zero-order chi connectivity index (χ0) is 23.5. The molecule has 32 heavy (non-hydrogen) atoms. The minimum atomic E-state index is -3.98. The summed E-state index contributed by atoms with van der Waals surface area (Å²) in [4.78, 5) is 19.1. The maximum Gasteiger partial charge on any atom is 0.241 e. The Labute approximate surface area is 193 Å². The lowest BCUT2D eigenvalue weighted by atomic mass is 9.98. The number of aromatic nitrogens is 2. The number of hydrogen-bond donors (Lipinski definition) is 3. The molecular formula is C21H30ClN5O4S. The number of anilines is 1. The average Bonchev–Trinajstić information content (AvgIpc) is 3.21. The summed E-state index contributed by atoms with van der Waals surface area (Å²) in [6, 6.07) is 2.17. The fraction of sp³-hybridized carbons (Fsp3) is 0.524. The largest absolute Gasteiger partial charge is 0.341 e. The highest BCUT2D eigenvalue weighted by Crippen LogP contribution is 2.25. The maximum atomic E-state index is 13.3. The monoisotopic (exact) mass is 483 g/mol. The zero-order valence-electron chi connectivity index (χ0n) is 18.5. The first-order valence-corrected chi connectivity index (χ1v) is 12.5. The summed E-state index contributed by atoms with van der Waals surface area (Å²) in [5.74, 6) is 0.510. The highest BCUT2D eigenvalue weighted by atomic mass is 35.5. The van der Waals surface area contributed by atoms with E-state index in [-0.39, 0.29) is 29.7 Å². The van der Waals surface area contributed by atoms with Gasteiger partial charge in [0, 0.05) is 37.1 Å². The molecule has 176 valence electrons. The van der Waals surface area contributed by atoms with Crippen LogP contribution in [0.3, 0.4) is 0 Å². The number of nitrogens with one attached hydrogen (secondary N) is 2. The van der Waals surface area contributed by atoms with Gasteiger partial charge >= 0.3 is 0 Å². The van der Waals surface area contributed by atoms with Gasteiger partial charge in [0.25, 0.3) is 0 Å². The van der Waals surface area contributed by atoms with Gasteiger partial charge in [-0.1, -0.05) is 18.5 Å². The van der Waals surface area contributed by atoms with Crippen LogP contribution in [0.2, 0.25) is 5.02 Å². The van der Waals surface area contributed by atoms with Crippen molar-refractivity contribution in [2.75, 3.05) is 18.6 Å². The molecule has 2 aromatic rings. The first kappa shape index (κ1) is 24.5. The molecule has 1 unspecified atom stereocenters. The molecule has 1 atom stereocenters. The van der Waals surface area contributed by atoms with E-state index in [1.54, 1.807) is 35.6 Å². The molecule has 0 saturated carbocycles. The highest BCUT2D eigenvalue weighted by Gasteiger charge is 2.31. The zero-order valence-corrected chi connectivity index (χ0v) is 20.1. The maximum absolute atomic E-state index is 13.3. The van der Waals surface area contributed by atoms with Gasteiger partial charge in [0.1, 0.15) is 6.04 Å². The SMILES string of the molecule is Cc1cc(S(=O)(=O)NC(CCn2ccnc2NO)C(=O)N2CCC(C)CC2)c(C)cc1Cl. The van der Waals surface area contributed by atoms with Crippen LogP contribution in [0.25, 0.3) is 0 Å². The van der Waals surface area contributed by atoms with Crippen molar-refractivity contribution in [3.63, 3.8) is 0 Å². The van der Waals surface area contributed by atoms with Gasteiger partial charge < -0.3 is 9.47 Å². The van der Waals surface area contributed by atoms with Crippen LogP contribution < -0.4 is 10.2 Å². The minimum Gasteiger partial charge on any atom is -0.341 e. The van der Waals surface area contributed by atoms with E-state index in [0.717, 1.165) is 12.8 Å². The van der Waals surface area contributed by atoms with Gasteiger partial charge in [0.15, 0.2) is 0 Å². The van der Waals surface area contributed by atoms with Gasteiger partial charge in [-0.15, -0.1) is 0 Å². The third kappa shape index (κ3) is 5.61. The fourth-order valence-corrected chi connectivity index (χ4v) is 5.60. The van der Waals surface area contributed by atoms with Gasteiger partial charge in [0.05, 0.1) is 4.90 Å². The molecule has 1 aromatic carbocycles. The first-order chi connectivity index (χ1) is 15.1. The molecule has 3 N–H and O–H groups in total. The molecule has 3 rings (SSSR count). The van der Waals surface area contributed by atoms with Crippen LogP contribution in [0.4, 0.5) is 5.95 Å². The van der Waals surface area contributed by atoms with E-state index in [1.807, 2.05) is 5.48 Å². The second-order valence-corrected chi connectivity index (χ2v) is 10.5. The number of hydrogen-bond acceptors (Lipinski definition) is 6. The van der Waals surface area contributed by atoms with Gasteiger partial charge in [-0.2, -0.15) is 4.72 Å². The number of likely N-dealkylation sites (tertiary alicyclic amines) is 1. The van der Waals surface area contributed by atoms with Gasteiger partial charge in [-0.05, 0) is 62.3 Å². The van der Waals surface area contributed by atoms with Gasteiger partial charge in [-0.25, -0.2) is 18.9 Å². The number of sulfonamides is 1. The summed E-state index contributed by atoms with van der Waals surface area (Å²) < 4.78 is 30.8. The number of amides is 1. The molecule has 1 aromatic heterocycles. The summed E-state index contributed by atoms with van der Waals surface area (Å²) in [7, 11) is -3.98. The molecule has 1 fully saturated rings. The average molecular weight is 484 g/mol. The number of imidazole rings is 1. The van der Waals surface area contributed by atoms with E-state index >= 15 is 0 Å². The Morgan fingerprint density at radius 1 is 1.28 bits per heavy atom. The Morgan fingerprint density at radius 2 is 1.97 bits per heavy atom. The van der Waals surface area contributed by atoms with Crippen molar-refractivity contribution >= 4 is 33.5 Å². The van der Waals surface area contributed by atoms with Crippen LogP contribution >= 0.6 is 11.6 Å². The smallest absolute Gasteiger partial charge is 0.241 e. The van der Waals surface area contributed by atoms with Crippen molar-refractivity contribution in [1.82, 2.24) is 19.2 Å². The molecular weight excluding hydrogens is 454 g/mol. The Morgan fingerprint density at radius 3 is 2.62 bits per heavy atom. The number of piperidine rings is 1. The minimum absolute atomic E-state index is 0.102. The third-order valence-corrected chi connectivity index (χ3v) is 7.93. The molecule has 0 aliphatic carbocycles. The van der Waals surface area contributed by atoms with E-state index in [4.69, 9.17) is 11.6 Å². The number of halogens is 1. The first-order valence-electron chi connectivity index (χ1n) is 10.6. The van der Waals surface area contributed by atoms with Crippen molar-refractivity contribution in [3.05, 3.63) is 40.7 Å². The number of rotatable bonds is 8. The van der Waals surface area contributed by atoms with Crippen LogP contribution in [-0.4, -0.2) is 53.1 Å². The fourth-order valence-electron chi connectivity index (χ4n) is 3.85. The lowest BCUT2D eigenvalue weighted by molar-refractivity contribution is -0.134. The van der Waals surface area contributed by atoms with E-state index < -0.39 is 16.1 Å². The molecule has 9 nitrogen and oxygen atoms in total. The summed E-state index contributed by atoms with van der Waals surface area (Å²) in [6.45, 7) is 7.05. The van der Waals surface area contributed by atoms with Gasteiger partial charge in [-0.3, -0.25) is 10.0 Å². The molecule has 11 heteroatoms. The Hall–Kier alpha value is -2.14. The van der Waals surface area contributed by atoms with Crippen LogP contribution in [0.5, 0.6) is 0 Å². The van der Waals surface area contributed by atoms with Crippen molar-refractivity contribution in [1.29, 1.82) is 0 Å². The highest BCUT2D eigenvalue weighted by molar-refractivity contribution is 7.89. The van der Waals surface area contributed by atoms with Crippen molar-refractivity contribution in [2.24, 2.45) is 5.92 Å². The van der Waals surface area contributed by atoms with Crippen LogP contribution in [-0.2, 0) is 21.4 Å². The molecule has 1 amide bonds. The molecule has 0 radical (unpaired) electrons. The van der Waals surface area contributed by atoms with Crippen molar-refractivity contribution in [2.45, 2.75) is 57.5 Å². The third-order valence-electron chi connectivity index (χ3n) is 5.91. The van der Waals surface area contributed by atoms with E-state index in [0.29, 0.717) is 35.2 Å². The van der Waals surface area contributed by atoms with E-state index in [9.17, 15) is 18.4 Å². The van der Waals surface area contributed by atoms with Crippen molar-refractivity contribution < 1.29 is 18.4 Å². The summed E-state index contributed by atoms with van der Waals surface area (Å²) >= 11 is 6.13. The number of nitrogens with zero attached hydrogens (tertiary/aromatic N) is 3. The Balaban J connectivity index is 1.85. The quantitative estimate of drug-likeness (QED) is 0.497. The van der Waals surface area contributed by atoms with Crippen LogP contribution in [0, 0.1) is 19.8 Å². The molecule has 1 aliphatic rings. The predicted octanol–water partition coefficient (Wildman–Crippen LogP) is 2.95. The summed E-state index contributed by atoms with van der Waals surface area (Å²) in [6.07, 6.45) is 5.12. The lowest BCUT2D eigenvalue weighted by Gasteiger charge is -2.33. The van der Waals surface area contributed by atoms with Crippen LogP contribution in [0.15, 0.2) is 29.4 Å². The molecule has 0 bridgehead atoms. The topological polar surface area (TPSA) is 117 Å². The number of aryl methyl sites for hydroxylation is 3. The second-order valence-electron chi connectivity index (χ2n) is 8.39. The molecule has 2 heterocycles. The standard InChI is InChI=1S/C21H30ClN5O4S/c1-14-4-8-26(9-5-14)20(28)18(6-10-27-11-7-23-21(27)24-29)25-32(30,31)19-13-15(2)17(22)12-16(19)3/h7,11-14,18,25,29H,4-6,8-10H2,1-3H3,(H,23,24). The number of benzene rings is 1. The normalized spacial score (nSPS) is 16.2. The molecule has 1 aliphatic heterocycles. The Bertz CT molecular complexity index is 1060. The van der Waals surface area contributed by atoms with Gasteiger partial charge in [0.2, 0.25) is 21.9 Å².